The van der Waals surface area contributed by atoms with Crippen LogP contribution >= 0.6 is 0 Å². The van der Waals surface area contributed by atoms with E-state index in [0.29, 0.717) is 6.04 Å². The summed E-state index contributed by atoms with van der Waals surface area (Å²) in [6, 6.07) is 0.572. The fourth-order valence-electron chi connectivity index (χ4n) is 2.92. The molecule has 1 N–H and O–H groups in total. The number of hydrogen-bond acceptors (Lipinski definition) is 4. The van der Waals surface area contributed by atoms with Crippen LogP contribution in [0, 0.1) is 12.8 Å². The molecule has 4 heteroatoms. The van der Waals surface area contributed by atoms with Crippen LogP contribution in [0.3, 0.4) is 0 Å². The first-order valence-electron chi connectivity index (χ1n) is 7.44. The van der Waals surface area contributed by atoms with Gasteiger partial charge in [-0.15, -0.1) is 0 Å². The van der Waals surface area contributed by atoms with Crippen molar-refractivity contribution in [1.82, 2.24) is 9.97 Å². The topological polar surface area (TPSA) is 41.1 Å². The molecule has 1 aliphatic rings. The lowest BCUT2D eigenvalue weighted by molar-refractivity contribution is 0.625. The lowest BCUT2D eigenvalue weighted by Gasteiger charge is -2.26. The fourth-order valence-corrected chi connectivity index (χ4v) is 2.92. The normalized spacial score (nSPS) is 22.9. The van der Waals surface area contributed by atoms with Crippen LogP contribution in [0.2, 0.25) is 0 Å². The van der Waals surface area contributed by atoms with Gasteiger partial charge in [0.15, 0.2) is 0 Å². The Morgan fingerprint density at radius 2 is 2.00 bits per heavy atom. The summed E-state index contributed by atoms with van der Waals surface area (Å²) in [6.45, 7) is 13.0. The Hall–Kier alpha value is -1.32. The highest BCUT2D eigenvalue weighted by Gasteiger charge is 2.29. The lowest BCUT2D eigenvalue weighted by Crippen LogP contribution is -2.29. The number of nitrogens with zero attached hydrogens (tertiary/aromatic N) is 3. The molecule has 2 rings (SSSR count). The SMILES string of the molecule is CCNc1nc(CC)nc(N2CC(C)CC2C)c1C. The number of nitrogens with one attached hydrogen (secondary N) is 1. The zero-order valence-corrected chi connectivity index (χ0v) is 12.8. The second kappa shape index (κ2) is 5.76. The van der Waals surface area contributed by atoms with E-state index in [1.165, 1.54) is 12.0 Å². The van der Waals surface area contributed by atoms with E-state index in [9.17, 15) is 0 Å². The van der Waals surface area contributed by atoms with Crippen molar-refractivity contribution >= 4 is 11.6 Å². The smallest absolute Gasteiger partial charge is 0.137 e. The second-order valence-electron chi connectivity index (χ2n) is 5.66. The standard InChI is InChI=1S/C15H26N4/c1-6-13-17-14(16-7-2)12(5)15(18-13)19-9-10(3)8-11(19)4/h10-11H,6-9H2,1-5H3,(H,16,17,18). The van der Waals surface area contributed by atoms with Crippen LogP contribution in [0.25, 0.3) is 0 Å². The molecule has 4 nitrogen and oxygen atoms in total. The summed E-state index contributed by atoms with van der Waals surface area (Å²) < 4.78 is 0. The lowest BCUT2D eigenvalue weighted by atomic mass is 10.1. The van der Waals surface area contributed by atoms with Crippen molar-refractivity contribution < 1.29 is 0 Å². The molecular formula is C15H26N4. The largest absolute Gasteiger partial charge is 0.370 e. The summed E-state index contributed by atoms with van der Waals surface area (Å²) in [5, 5.41) is 3.36. The van der Waals surface area contributed by atoms with Gasteiger partial charge in [0.1, 0.15) is 17.5 Å². The monoisotopic (exact) mass is 262 g/mol. The van der Waals surface area contributed by atoms with Gasteiger partial charge in [0, 0.05) is 31.1 Å². The Morgan fingerprint density at radius 1 is 1.26 bits per heavy atom. The third-order valence-electron chi connectivity index (χ3n) is 3.88. The van der Waals surface area contributed by atoms with Gasteiger partial charge < -0.3 is 10.2 Å². The minimum absolute atomic E-state index is 0.572. The van der Waals surface area contributed by atoms with Crippen molar-refractivity contribution in [2.45, 2.75) is 53.5 Å². The van der Waals surface area contributed by atoms with Gasteiger partial charge in [-0.3, -0.25) is 0 Å². The van der Waals surface area contributed by atoms with Gasteiger partial charge in [-0.1, -0.05) is 13.8 Å². The molecule has 1 fully saturated rings. The Morgan fingerprint density at radius 3 is 2.53 bits per heavy atom. The molecule has 2 atom stereocenters. The summed E-state index contributed by atoms with van der Waals surface area (Å²) in [5.74, 6) is 3.80. The molecule has 0 aliphatic carbocycles. The summed E-state index contributed by atoms with van der Waals surface area (Å²) in [7, 11) is 0. The third kappa shape index (κ3) is 2.82. The maximum absolute atomic E-state index is 4.78. The molecule has 0 radical (unpaired) electrons. The number of hydrogen-bond donors (Lipinski definition) is 1. The van der Waals surface area contributed by atoms with Gasteiger partial charge in [-0.2, -0.15) is 0 Å². The second-order valence-corrected chi connectivity index (χ2v) is 5.66. The van der Waals surface area contributed by atoms with Gasteiger partial charge in [-0.25, -0.2) is 9.97 Å². The Kier molecular flexibility index (Phi) is 4.27. The van der Waals surface area contributed by atoms with E-state index < -0.39 is 0 Å². The highest BCUT2D eigenvalue weighted by Crippen LogP contribution is 2.32. The zero-order valence-electron chi connectivity index (χ0n) is 12.8. The molecule has 0 saturated carbocycles. The van der Waals surface area contributed by atoms with Crippen LogP contribution in [-0.4, -0.2) is 29.1 Å². The summed E-state index contributed by atoms with van der Waals surface area (Å²) in [6.07, 6.45) is 2.13. The van der Waals surface area contributed by atoms with Crippen molar-refractivity contribution in [3.05, 3.63) is 11.4 Å². The summed E-state index contributed by atoms with van der Waals surface area (Å²) in [5.41, 5.74) is 1.18. The van der Waals surface area contributed by atoms with Crippen molar-refractivity contribution in [2.24, 2.45) is 5.92 Å². The van der Waals surface area contributed by atoms with Gasteiger partial charge in [-0.05, 0) is 33.1 Å². The van der Waals surface area contributed by atoms with Crippen LogP contribution in [0.4, 0.5) is 11.6 Å². The van der Waals surface area contributed by atoms with Crippen LogP contribution < -0.4 is 10.2 Å². The molecular weight excluding hydrogens is 236 g/mol. The van der Waals surface area contributed by atoms with E-state index in [-0.39, 0.29) is 0 Å². The quantitative estimate of drug-likeness (QED) is 0.905. The minimum atomic E-state index is 0.572. The molecule has 2 heterocycles. The van der Waals surface area contributed by atoms with Crippen LogP contribution in [0.5, 0.6) is 0 Å². The third-order valence-corrected chi connectivity index (χ3v) is 3.88. The molecule has 0 spiro atoms. The van der Waals surface area contributed by atoms with E-state index in [2.05, 4.69) is 49.8 Å². The van der Waals surface area contributed by atoms with E-state index in [1.807, 2.05) is 0 Å². The maximum Gasteiger partial charge on any atom is 0.137 e. The average molecular weight is 262 g/mol. The molecule has 2 unspecified atom stereocenters. The number of aromatic nitrogens is 2. The predicted octanol–water partition coefficient (Wildman–Crippen LogP) is 3.01. The predicted molar refractivity (Wildman–Crippen MR) is 80.9 cm³/mol. The van der Waals surface area contributed by atoms with E-state index >= 15 is 0 Å². The van der Waals surface area contributed by atoms with Crippen molar-refractivity contribution in [2.75, 3.05) is 23.3 Å². The van der Waals surface area contributed by atoms with Gasteiger partial charge in [0.25, 0.3) is 0 Å². The first kappa shape index (κ1) is 14.1. The maximum atomic E-state index is 4.78. The van der Waals surface area contributed by atoms with Gasteiger partial charge in [0.2, 0.25) is 0 Å². The van der Waals surface area contributed by atoms with Crippen LogP contribution in [0.1, 0.15) is 45.5 Å². The number of aryl methyl sites for hydroxylation is 1. The molecule has 0 amide bonds. The van der Waals surface area contributed by atoms with E-state index in [1.54, 1.807) is 0 Å². The average Bonchev–Trinajstić information content (AvgIpc) is 2.71. The van der Waals surface area contributed by atoms with Crippen LogP contribution in [0.15, 0.2) is 0 Å². The van der Waals surface area contributed by atoms with E-state index in [4.69, 9.17) is 4.98 Å². The molecule has 1 aliphatic heterocycles. The van der Waals surface area contributed by atoms with Crippen molar-refractivity contribution in [3.63, 3.8) is 0 Å². The molecule has 0 aromatic carbocycles. The number of anilines is 2. The molecule has 19 heavy (non-hydrogen) atoms. The summed E-state index contributed by atoms with van der Waals surface area (Å²) in [4.78, 5) is 11.8. The van der Waals surface area contributed by atoms with Gasteiger partial charge in [0.05, 0.1) is 0 Å². The Labute approximate surface area is 116 Å². The highest BCUT2D eigenvalue weighted by molar-refractivity contribution is 5.59. The first-order valence-corrected chi connectivity index (χ1v) is 7.44. The molecule has 106 valence electrons. The van der Waals surface area contributed by atoms with Gasteiger partial charge >= 0.3 is 0 Å². The fraction of sp³-hybridized carbons (Fsp3) is 0.733. The molecule has 1 aromatic heterocycles. The number of rotatable bonds is 4. The molecule has 1 aromatic rings. The first-order chi connectivity index (χ1) is 9.06. The Bertz CT molecular complexity index is 444. The minimum Gasteiger partial charge on any atom is -0.370 e. The van der Waals surface area contributed by atoms with E-state index in [0.717, 1.165) is 42.9 Å². The van der Waals surface area contributed by atoms with Crippen molar-refractivity contribution in [1.29, 1.82) is 0 Å². The zero-order chi connectivity index (χ0) is 14.0. The Balaban J connectivity index is 2.40. The molecule has 0 bridgehead atoms. The molecule has 1 saturated heterocycles. The van der Waals surface area contributed by atoms with Crippen molar-refractivity contribution in [3.8, 4) is 0 Å². The highest BCUT2D eigenvalue weighted by atomic mass is 15.2. The summed E-state index contributed by atoms with van der Waals surface area (Å²) >= 11 is 0. The van der Waals surface area contributed by atoms with Crippen LogP contribution in [-0.2, 0) is 6.42 Å².